The lowest BCUT2D eigenvalue weighted by Gasteiger charge is -1.90. The quantitative estimate of drug-likeness (QED) is 0.682. The van der Waals surface area contributed by atoms with Crippen LogP contribution in [0.3, 0.4) is 0 Å². The van der Waals surface area contributed by atoms with Crippen LogP contribution in [0.4, 0.5) is 0 Å². The Morgan fingerprint density at radius 3 is 3.00 bits per heavy atom. The molecular formula is C7H6N4O3S. The maximum absolute atomic E-state index is 11.5. The Balaban J connectivity index is 2.70. The molecule has 0 saturated heterocycles. The van der Waals surface area contributed by atoms with E-state index in [-0.39, 0.29) is 0 Å². The lowest BCUT2D eigenvalue weighted by Crippen LogP contribution is -2.25. The van der Waals surface area contributed by atoms with Gasteiger partial charge in [0.15, 0.2) is 5.65 Å². The second kappa shape index (κ2) is 3.31. The molecule has 0 bridgehead atoms. The molecular weight excluding hydrogens is 220 g/mol. The Bertz CT molecular complexity index is 637. The zero-order valence-corrected chi connectivity index (χ0v) is 8.19. The first kappa shape index (κ1) is 9.59. The molecule has 2 N–H and O–H groups in total. The Hall–Kier alpha value is -1.96. The predicted molar refractivity (Wildman–Crippen MR) is 52.3 cm³/mol. The molecule has 0 spiro atoms. The van der Waals surface area contributed by atoms with E-state index in [0.29, 0.717) is 10.3 Å². The number of aromatic amines is 1. The predicted octanol–water partition coefficient (Wildman–Crippen LogP) is -0.362. The molecule has 0 aromatic carbocycles. The topological polar surface area (TPSA) is 92.4 Å². The summed E-state index contributed by atoms with van der Waals surface area (Å²) in [5, 5.41) is 14.9. The van der Waals surface area contributed by atoms with Crippen LogP contribution >= 0.6 is 12.2 Å². The van der Waals surface area contributed by atoms with Crippen molar-refractivity contribution in [2.75, 3.05) is 0 Å². The van der Waals surface area contributed by atoms with Crippen LogP contribution < -0.4 is 5.69 Å². The molecule has 0 unspecified atom stereocenters. The third-order valence-corrected chi connectivity index (χ3v) is 1.98. The highest BCUT2D eigenvalue weighted by atomic mass is 32.1. The van der Waals surface area contributed by atoms with Crippen molar-refractivity contribution in [3.05, 3.63) is 27.3 Å². The van der Waals surface area contributed by atoms with E-state index in [1.165, 1.54) is 0 Å². The number of carbonyl (C=O) groups is 1. The van der Waals surface area contributed by atoms with Crippen molar-refractivity contribution in [1.29, 1.82) is 0 Å². The Kier molecular flexibility index (Phi) is 2.12. The van der Waals surface area contributed by atoms with E-state index in [4.69, 9.17) is 17.3 Å². The van der Waals surface area contributed by atoms with Gasteiger partial charge in [0.2, 0.25) is 0 Å². The largest absolute Gasteiger partial charge is 0.480 e. The fourth-order valence-corrected chi connectivity index (χ4v) is 1.33. The number of hydrogen-bond acceptors (Lipinski definition) is 4. The van der Waals surface area contributed by atoms with Gasteiger partial charge in [-0.1, -0.05) is 12.2 Å². The molecule has 0 amide bonds. The number of aliphatic carboxylic acids is 1. The molecule has 7 nitrogen and oxygen atoms in total. The van der Waals surface area contributed by atoms with Gasteiger partial charge < -0.3 is 5.11 Å². The van der Waals surface area contributed by atoms with Crippen molar-refractivity contribution in [3.8, 4) is 0 Å². The van der Waals surface area contributed by atoms with Gasteiger partial charge in [-0.15, -0.1) is 5.10 Å². The molecule has 0 atom stereocenters. The van der Waals surface area contributed by atoms with Crippen LogP contribution in [0, 0.1) is 4.64 Å². The van der Waals surface area contributed by atoms with Crippen molar-refractivity contribution in [2.45, 2.75) is 6.54 Å². The number of carboxylic acids is 1. The monoisotopic (exact) mass is 226 g/mol. The third-order valence-electron chi connectivity index (χ3n) is 1.76. The molecule has 0 fully saturated rings. The minimum absolute atomic E-state index is 0.329. The van der Waals surface area contributed by atoms with Crippen LogP contribution in [0.2, 0.25) is 0 Å². The fraction of sp³-hybridized carbons (Fsp3) is 0.143. The standard InChI is InChI=1S/C7H6N4O3S/c12-6(13)3-10-7(14)11-4(8-10)1-2-5(15)9-11/h1-2H,3H2,(H,9,15)(H,12,13). The van der Waals surface area contributed by atoms with Gasteiger partial charge >= 0.3 is 11.7 Å². The summed E-state index contributed by atoms with van der Waals surface area (Å²) in [6.07, 6.45) is 0. The molecule has 0 aliphatic carbocycles. The first-order valence-corrected chi connectivity index (χ1v) is 4.39. The minimum atomic E-state index is -1.13. The van der Waals surface area contributed by atoms with E-state index in [1.54, 1.807) is 12.1 Å². The fourth-order valence-electron chi connectivity index (χ4n) is 1.17. The first-order chi connectivity index (χ1) is 7.08. The van der Waals surface area contributed by atoms with Crippen molar-refractivity contribution < 1.29 is 9.90 Å². The summed E-state index contributed by atoms with van der Waals surface area (Å²) in [7, 11) is 0. The van der Waals surface area contributed by atoms with Gasteiger partial charge in [-0.3, -0.25) is 9.89 Å². The van der Waals surface area contributed by atoms with E-state index in [1.807, 2.05) is 0 Å². The molecule has 15 heavy (non-hydrogen) atoms. The third kappa shape index (κ3) is 1.66. The molecule has 8 heteroatoms. The lowest BCUT2D eigenvalue weighted by molar-refractivity contribution is -0.137. The summed E-state index contributed by atoms with van der Waals surface area (Å²) < 4.78 is 2.33. The molecule has 78 valence electrons. The van der Waals surface area contributed by atoms with E-state index in [0.717, 1.165) is 9.20 Å². The molecule has 2 aromatic heterocycles. The van der Waals surface area contributed by atoms with Gasteiger partial charge in [-0.05, 0) is 12.1 Å². The summed E-state index contributed by atoms with van der Waals surface area (Å²) in [6, 6.07) is 3.11. The normalized spacial score (nSPS) is 10.7. The van der Waals surface area contributed by atoms with Crippen molar-refractivity contribution in [1.82, 2.24) is 19.4 Å². The number of hydrogen-bond donors (Lipinski definition) is 2. The van der Waals surface area contributed by atoms with Crippen LogP contribution in [-0.4, -0.2) is 30.5 Å². The molecule has 2 rings (SSSR count). The van der Waals surface area contributed by atoms with Crippen LogP contribution in [0.5, 0.6) is 0 Å². The van der Waals surface area contributed by atoms with E-state index < -0.39 is 18.2 Å². The maximum Gasteiger partial charge on any atom is 0.365 e. The number of aromatic nitrogens is 4. The van der Waals surface area contributed by atoms with Crippen LogP contribution in [-0.2, 0) is 11.3 Å². The average Bonchev–Trinajstić information content (AvgIpc) is 2.44. The van der Waals surface area contributed by atoms with Crippen molar-refractivity contribution in [2.24, 2.45) is 0 Å². The highest BCUT2D eigenvalue weighted by Crippen LogP contribution is 1.93. The van der Waals surface area contributed by atoms with Gasteiger partial charge in [0.05, 0.1) is 0 Å². The smallest absolute Gasteiger partial charge is 0.365 e. The number of H-pyrrole nitrogens is 1. The molecule has 2 aromatic rings. The van der Waals surface area contributed by atoms with Crippen LogP contribution in [0.15, 0.2) is 16.9 Å². The summed E-state index contributed by atoms with van der Waals surface area (Å²) in [5.41, 5.74) is -0.228. The Morgan fingerprint density at radius 2 is 2.33 bits per heavy atom. The number of nitrogens with one attached hydrogen (secondary N) is 1. The molecule has 0 aliphatic rings. The SMILES string of the molecule is O=C(O)Cn1nc2ccc(=S)[nH]n2c1=O. The number of rotatable bonds is 2. The van der Waals surface area contributed by atoms with Gasteiger partial charge in [0, 0.05) is 0 Å². The summed E-state index contributed by atoms with van der Waals surface area (Å²) >= 11 is 4.83. The molecule has 0 radical (unpaired) electrons. The zero-order valence-electron chi connectivity index (χ0n) is 7.38. The summed E-state index contributed by atoms with van der Waals surface area (Å²) in [4.78, 5) is 22.0. The van der Waals surface area contributed by atoms with E-state index in [2.05, 4.69) is 10.2 Å². The van der Waals surface area contributed by atoms with E-state index >= 15 is 0 Å². The highest BCUT2D eigenvalue weighted by Gasteiger charge is 2.08. The van der Waals surface area contributed by atoms with Crippen LogP contribution in [0.1, 0.15) is 0 Å². The molecule has 0 saturated carbocycles. The van der Waals surface area contributed by atoms with Crippen molar-refractivity contribution in [3.63, 3.8) is 0 Å². The minimum Gasteiger partial charge on any atom is -0.480 e. The molecule has 0 aliphatic heterocycles. The highest BCUT2D eigenvalue weighted by molar-refractivity contribution is 7.71. The van der Waals surface area contributed by atoms with Crippen LogP contribution in [0.25, 0.3) is 5.65 Å². The Morgan fingerprint density at radius 1 is 1.60 bits per heavy atom. The molecule has 2 heterocycles. The van der Waals surface area contributed by atoms with E-state index in [9.17, 15) is 9.59 Å². The second-order valence-corrected chi connectivity index (χ2v) is 3.28. The van der Waals surface area contributed by atoms with Gasteiger partial charge in [-0.2, -0.15) is 9.20 Å². The maximum atomic E-state index is 11.5. The van der Waals surface area contributed by atoms with Crippen molar-refractivity contribution >= 4 is 23.8 Å². The summed E-state index contributed by atoms with van der Waals surface area (Å²) in [6.45, 7) is -0.471. The lowest BCUT2D eigenvalue weighted by atomic mass is 10.6. The van der Waals surface area contributed by atoms with Gasteiger partial charge in [0.25, 0.3) is 0 Å². The first-order valence-electron chi connectivity index (χ1n) is 3.98. The number of carboxylic acid groups (broad SMARTS) is 1. The average molecular weight is 226 g/mol. The Labute approximate surface area is 87.6 Å². The number of fused-ring (bicyclic) bond motifs is 1. The van der Waals surface area contributed by atoms with Gasteiger partial charge in [-0.25, -0.2) is 4.79 Å². The number of nitrogens with zero attached hydrogens (tertiary/aromatic N) is 3. The zero-order chi connectivity index (χ0) is 11.0. The summed E-state index contributed by atoms with van der Waals surface area (Å²) in [5.74, 6) is -1.13. The van der Waals surface area contributed by atoms with Gasteiger partial charge in [0.1, 0.15) is 11.2 Å². The second-order valence-electron chi connectivity index (χ2n) is 2.84.